The number of hydrogen-bond acceptors (Lipinski definition) is 4. The molecule has 0 fully saturated rings. The van der Waals surface area contributed by atoms with Crippen molar-refractivity contribution in [3.63, 3.8) is 0 Å². The molecule has 0 unspecified atom stereocenters. The van der Waals surface area contributed by atoms with Crippen LogP contribution in [0.2, 0.25) is 10.0 Å². The Morgan fingerprint density at radius 1 is 0.938 bits per heavy atom. The third-order valence-electron chi connectivity index (χ3n) is 4.40. The van der Waals surface area contributed by atoms with Crippen molar-refractivity contribution in [2.24, 2.45) is 4.99 Å². The second-order valence-corrected chi connectivity index (χ2v) is 8.52. The molecule has 3 aromatic rings. The highest BCUT2D eigenvalue weighted by Crippen LogP contribution is 2.22. The smallest absolute Gasteiger partial charge is 0.229 e. The molecule has 0 aliphatic carbocycles. The molecule has 0 spiro atoms. The van der Waals surface area contributed by atoms with Crippen LogP contribution < -0.4 is 16.0 Å². The molecule has 2 aromatic carbocycles. The van der Waals surface area contributed by atoms with Crippen molar-refractivity contribution in [1.82, 2.24) is 15.3 Å². The largest absolute Gasteiger partial charge is 0.331 e. The number of aromatic nitrogens is 2. The van der Waals surface area contributed by atoms with Crippen molar-refractivity contribution in [3.8, 4) is 0 Å². The van der Waals surface area contributed by atoms with Crippen LogP contribution in [-0.4, -0.2) is 27.6 Å². The van der Waals surface area contributed by atoms with Crippen LogP contribution >= 0.6 is 35.4 Å². The lowest BCUT2D eigenvalue weighted by Gasteiger charge is -2.15. The maximum Gasteiger partial charge on any atom is 0.229 e. The van der Waals surface area contributed by atoms with Crippen LogP contribution in [0.5, 0.6) is 0 Å². The number of rotatable bonds is 5. The summed E-state index contributed by atoms with van der Waals surface area (Å²) in [6.07, 6.45) is 0.738. The number of nitrogens with one attached hydrogen (secondary N) is 3. The second kappa shape index (κ2) is 11.2. The minimum atomic E-state index is 0.345. The molecule has 0 aliphatic heterocycles. The second-order valence-electron chi connectivity index (χ2n) is 7.27. The van der Waals surface area contributed by atoms with E-state index in [9.17, 15) is 0 Å². The van der Waals surface area contributed by atoms with Gasteiger partial charge in [-0.15, -0.1) is 0 Å². The van der Waals surface area contributed by atoms with Gasteiger partial charge in [-0.3, -0.25) is 10.3 Å². The van der Waals surface area contributed by atoms with Crippen molar-refractivity contribution in [2.45, 2.75) is 27.2 Å². The molecule has 3 N–H and O–H groups in total. The number of anilines is 2. The summed E-state index contributed by atoms with van der Waals surface area (Å²) in [7, 11) is 0. The van der Waals surface area contributed by atoms with E-state index in [2.05, 4.69) is 30.9 Å². The van der Waals surface area contributed by atoms with Gasteiger partial charge in [0.15, 0.2) is 5.11 Å². The Morgan fingerprint density at radius 3 is 2.28 bits per heavy atom. The summed E-state index contributed by atoms with van der Waals surface area (Å²) in [5, 5.41) is 11.0. The lowest BCUT2D eigenvalue weighted by Crippen LogP contribution is -2.39. The summed E-state index contributed by atoms with van der Waals surface area (Å²) in [4.78, 5) is 13.5. The Kier molecular flexibility index (Phi) is 8.39. The van der Waals surface area contributed by atoms with E-state index in [1.807, 2.05) is 69.3 Å². The monoisotopic (exact) mass is 486 g/mol. The van der Waals surface area contributed by atoms with Crippen LogP contribution in [0.25, 0.3) is 0 Å². The molecule has 3 rings (SSSR count). The van der Waals surface area contributed by atoms with Crippen LogP contribution in [0.3, 0.4) is 0 Å². The standard InChI is InChI=1S/C23H24Cl2N6S/c1-14-4-9-20(19(25)12-14)29-23(32)31-21(30-22-27-15(2)13-16(3)28-22)26-11-10-17-5-7-18(24)8-6-17/h4-9,12-13H,10-11H2,1-3H3,(H3,26,27,28,29,30,31,32). The molecular formula is C23H24Cl2N6S. The zero-order chi connectivity index (χ0) is 23.1. The van der Waals surface area contributed by atoms with Gasteiger partial charge in [-0.05, 0) is 80.9 Å². The minimum absolute atomic E-state index is 0.345. The van der Waals surface area contributed by atoms with Gasteiger partial charge in [0.2, 0.25) is 11.9 Å². The molecule has 0 amide bonds. The molecule has 32 heavy (non-hydrogen) atoms. The van der Waals surface area contributed by atoms with Crippen LogP contribution in [0, 0.1) is 20.8 Å². The predicted molar refractivity (Wildman–Crippen MR) is 138 cm³/mol. The van der Waals surface area contributed by atoms with Crippen molar-refractivity contribution >= 4 is 58.1 Å². The molecule has 0 saturated heterocycles. The van der Waals surface area contributed by atoms with Crippen LogP contribution in [-0.2, 0) is 6.42 Å². The van der Waals surface area contributed by atoms with E-state index in [-0.39, 0.29) is 0 Å². The maximum atomic E-state index is 6.31. The zero-order valence-electron chi connectivity index (χ0n) is 18.0. The summed E-state index contributed by atoms with van der Waals surface area (Å²) in [5.41, 5.74) is 4.61. The molecule has 1 heterocycles. The lowest BCUT2D eigenvalue weighted by molar-refractivity contribution is 0.956. The van der Waals surface area contributed by atoms with Gasteiger partial charge in [0, 0.05) is 23.0 Å². The molecule has 9 heteroatoms. The fourth-order valence-electron chi connectivity index (χ4n) is 2.93. The summed E-state index contributed by atoms with van der Waals surface area (Å²) in [6.45, 7) is 6.33. The van der Waals surface area contributed by atoms with Gasteiger partial charge in [-0.1, -0.05) is 41.4 Å². The normalized spacial score (nSPS) is 11.2. The van der Waals surface area contributed by atoms with Crippen molar-refractivity contribution < 1.29 is 0 Å². The van der Waals surface area contributed by atoms with Gasteiger partial charge in [-0.25, -0.2) is 9.97 Å². The number of hydrogen-bond donors (Lipinski definition) is 3. The molecule has 1 aromatic heterocycles. The zero-order valence-corrected chi connectivity index (χ0v) is 20.4. The Hall–Kier alpha value is -2.74. The van der Waals surface area contributed by atoms with Gasteiger partial charge >= 0.3 is 0 Å². The Balaban J connectivity index is 1.73. The fourth-order valence-corrected chi connectivity index (χ4v) is 3.54. The summed E-state index contributed by atoms with van der Waals surface area (Å²) >= 11 is 17.7. The van der Waals surface area contributed by atoms with Gasteiger partial charge in [0.25, 0.3) is 0 Å². The predicted octanol–water partition coefficient (Wildman–Crippen LogP) is 5.71. The average Bonchev–Trinajstić information content (AvgIpc) is 2.71. The van der Waals surface area contributed by atoms with Gasteiger partial charge in [0.05, 0.1) is 10.7 Å². The van der Waals surface area contributed by atoms with E-state index in [0.717, 1.165) is 28.9 Å². The molecule has 0 radical (unpaired) electrons. The third kappa shape index (κ3) is 7.44. The Morgan fingerprint density at radius 2 is 1.62 bits per heavy atom. The number of aryl methyl sites for hydroxylation is 3. The Bertz CT molecular complexity index is 1110. The van der Waals surface area contributed by atoms with Crippen LogP contribution in [0.15, 0.2) is 53.5 Å². The number of guanidine groups is 1. The summed E-state index contributed by atoms with van der Waals surface area (Å²) in [5.74, 6) is 0.876. The van der Waals surface area contributed by atoms with E-state index >= 15 is 0 Å². The highest BCUT2D eigenvalue weighted by atomic mass is 35.5. The topological polar surface area (TPSA) is 74.2 Å². The Labute approximate surface area is 203 Å². The quantitative estimate of drug-likeness (QED) is 0.243. The van der Waals surface area contributed by atoms with E-state index in [1.54, 1.807) is 0 Å². The molecule has 0 bridgehead atoms. The number of benzene rings is 2. The molecular weight excluding hydrogens is 463 g/mol. The molecule has 0 saturated carbocycles. The van der Waals surface area contributed by atoms with E-state index in [4.69, 9.17) is 35.4 Å². The maximum absolute atomic E-state index is 6.31. The third-order valence-corrected chi connectivity index (χ3v) is 5.17. The molecule has 0 atom stereocenters. The van der Waals surface area contributed by atoms with Crippen molar-refractivity contribution in [3.05, 3.63) is 81.1 Å². The van der Waals surface area contributed by atoms with E-state index in [0.29, 0.717) is 39.3 Å². The number of halogens is 2. The number of aliphatic imine (C=N–C) groups is 1. The van der Waals surface area contributed by atoms with Crippen LogP contribution in [0.1, 0.15) is 22.5 Å². The molecule has 6 nitrogen and oxygen atoms in total. The fraction of sp³-hybridized carbons (Fsp3) is 0.217. The first-order valence-corrected chi connectivity index (χ1v) is 11.2. The van der Waals surface area contributed by atoms with Crippen LogP contribution in [0.4, 0.5) is 11.6 Å². The first-order chi connectivity index (χ1) is 15.3. The minimum Gasteiger partial charge on any atom is -0.331 e. The van der Waals surface area contributed by atoms with Gasteiger partial charge in [0.1, 0.15) is 0 Å². The summed E-state index contributed by atoms with van der Waals surface area (Å²) < 4.78 is 0. The van der Waals surface area contributed by atoms with E-state index in [1.165, 1.54) is 0 Å². The van der Waals surface area contributed by atoms with Gasteiger partial charge < -0.3 is 10.6 Å². The van der Waals surface area contributed by atoms with E-state index < -0.39 is 0 Å². The van der Waals surface area contributed by atoms with Gasteiger partial charge in [-0.2, -0.15) is 0 Å². The highest BCUT2D eigenvalue weighted by molar-refractivity contribution is 7.80. The number of thiocarbonyl (C=S) groups is 1. The first-order valence-electron chi connectivity index (χ1n) is 10.0. The first kappa shape index (κ1) is 23.9. The SMILES string of the molecule is Cc1ccc(NC(=S)NC(=NCCc2ccc(Cl)cc2)Nc2nc(C)cc(C)n2)c(Cl)c1. The average molecular weight is 487 g/mol. The summed E-state index contributed by atoms with van der Waals surface area (Å²) in [6, 6.07) is 15.3. The molecule has 166 valence electrons. The lowest BCUT2D eigenvalue weighted by atomic mass is 10.1. The number of nitrogens with zero attached hydrogens (tertiary/aromatic N) is 3. The molecule has 0 aliphatic rings. The van der Waals surface area contributed by atoms with Crippen molar-refractivity contribution in [2.75, 3.05) is 17.2 Å². The highest BCUT2D eigenvalue weighted by Gasteiger charge is 2.09. The van der Waals surface area contributed by atoms with Crippen molar-refractivity contribution in [1.29, 1.82) is 0 Å².